The molecule has 1 aliphatic heterocycles. The number of rotatable bonds is 3. The topological polar surface area (TPSA) is 45.6 Å². The van der Waals surface area contributed by atoms with Crippen LogP contribution in [0.4, 0.5) is 0 Å². The molecule has 0 atom stereocenters. The fourth-order valence-corrected chi connectivity index (χ4v) is 4.85. The van der Waals surface area contributed by atoms with Gasteiger partial charge in [-0.05, 0) is 30.7 Å². The fraction of sp³-hybridized carbons (Fsp3) is 0.333. The zero-order chi connectivity index (χ0) is 19.8. The molecule has 0 radical (unpaired) electrons. The summed E-state index contributed by atoms with van der Waals surface area (Å²) in [6.45, 7) is 6.48. The van der Waals surface area contributed by atoms with Crippen LogP contribution in [-0.4, -0.2) is 52.4 Å². The fourth-order valence-electron chi connectivity index (χ4n) is 3.70. The van der Waals surface area contributed by atoms with Crippen LogP contribution in [0.3, 0.4) is 0 Å². The second-order valence-electron chi connectivity index (χ2n) is 7.11. The molecule has 1 fully saturated rings. The van der Waals surface area contributed by atoms with Gasteiger partial charge in [0.15, 0.2) is 0 Å². The highest BCUT2D eigenvalue weighted by atomic mass is 35.5. The molecule has 1 saturated heterocycles. The second kappa shape index (κ2) is 7.60. The van der Waals surface area contributed by atoms with Crippen molar-refractivity contribution >= 4 is 45.0 Å². The van der Waals surface area contributed by atoms with Gasteiger partial charge in [-0.1, -0.05) is 29.8 Å². The quantitative estimate of drug-likeness (QED) is 0.648. The molecule has 5 nitrogen and oxygen atoms in total. The Kier molecular flexibility index (Phi) is 5.17. The Morgan fingerprint density at radius 3 is 2.43 bits per heavy atom. The van der Waals surface area contributed by atoms with Gasteiger partial charge < -0.3 is 14.4 Å². The predicted octanol–water partition coefficient (Wildman–Crippen LogP) is 4.02. The van der Waals surface area contributed by atoms with Gasteiger partial charge in [0.25, 0.3) is 5.91 Å². The standard InChI is InChI=1S/C21H22ClN3O2S/c1-14-11-18-20(28-14)12-19(25(18)13-16-5-3-4-6-17(16)22)21(27)24-9-7-23(8-10-24)15(2)26/h3-6,11-12H,7-10,13H2,1-2H3. The number of aryl methyl sites for hydroxylation is 1. The van der Waals surface area contributed by atoms with Gasteiger partial charge in [0.1, 0.15) is 5.69 Å². The Morgan fingerprint density at radius 1 is 1.07 bits per heavy atom. The number of hydrogen-bond acceptors (Lipinski definition) is 3. The van der Waals surface area contributed by atoms with E-state index in [1.165, 1.54) is 4.88 Å². The number of amides is 2. The molecule has 146 valence electrons. The number of nitrogens with zero attached hydrogens (tertiary/aromatic N) is 3. The molecule has 0 spiro atoms. The van der Waals surface area contributed by atoms with Crippen molar-refractivity contribution in [1.82, 2.24) is 14.4 Å². The van der Waals surface area contributed by atoms with Gasteiger partial charge in [-0.15, -0.1) is 11.3 Å². The summed E-state index contributed by atoms with van der Waals surface area (Å²) in [6, 6.07) is 11.9. The van der Waals surface area contributed by atoms with Gasteiger partial charge in [0.05, 0.1) is 10.2 Å². The number of aromatic nitrogens is 1. The van der Waals surface area contributed by atoms with E-state index in [2.05, 4.69) is 17.6 Å². The van der Waals surface area contributed by atoms with Crippen LogP contribution < -0.4 is 0 Å². The monoisotopic (exact) mass is 415 g/mol. The van der Waals surface area contributed by atoms with Gasteiger partial charge >= 0.3 is 0 Å². The lowest BCUT2D eigenvalue weighted by Gasteiger charge is -2.34. The first kappa shape index (κ1) is 19.0. The first-order valence-electron chi connectivity index (χ1n) is 9.32. The molecule has 0 N–H and O–H groups in total. The van der Waals surface area contributed by atoms with Crippen molar-refractivity contribution in [3.05, 3.63) is 57.6 Å². The van der Waals surface area contributed by atoms with E-state index in [1.54, 1.807) is 23.2 Å². The average molecular weight is 416 g/mol. The van der Waals surface area contributed by atoms with E-state index in [-0.39, 0.29) is 11.8 Å². The van der Waals surface area contributed by atoms with E-state index in [0.717, 1.165) is 15.8 Å². The third kappa shape index (κ3) is 3.54. The Morgan fingerprint density at radius 2 is 1.75 bits per heavy atom. The number of fused-ring (bicyclic) bond motifs is 1. The summed E-state index contributed by atoms with van der Waals surface area (Å²) in [6.07, 6.45) is 0. The molecule has 1 aliphatic rings. The molecule has 4 rings (SSSR count). The highest BCUT2D eigenvalue weighted by Crippen LogP contribution is 2.31. The molecule has 0 saturated carbocycles. The summed E-state index contributed by atoms with van der Waals surface area (Å²) >= 11 is 8.07. The first-order valence-corrected chi connectivity index (χ1v) is 10.5. The summed E-state index contributed by atoms with van der Waals surface area (Å²) in [5.74, 6) is 0.0708. The Balaban J connectivity index is 1.67. The van der Waals surface area contributed by atoms with E-state index in [4.69, 9.17) is 11.6 Å². The predicted molar refractivity (Wildman–Crippen MR) is 113 cm³/mol. The van der Waals surface area contributed by atoms with Crippen molar-refractivity contribution in [1.29, 1.82) is 0 Å². The zero-order valence-corrected chi connectivity index (χ0v) is 17.5. The van der Waals surface area contributed by atoms with E-state index in [1.807, 2.05) is 35.2 Å². The van der Waals surface area contributed by atoms with E-state index >= 15 is 0 Å². The van der Waals surface area contributed by atoms with Crippen molar-refractivity contribution in [2.75, 3.05) is 26.2 Å². The molecule has 3 heterocycles. The van der Waals surface area contributed by atoms with Crippen molar-refractivity contribution in [2.24, 2.45) is 0 Å². The Bertz CT molecular complexity index is 1050. The minimum atomic E-state index is 0.0105. The van der Waals surface area contributed by atoms with E-state index in [9.17, 15) is 9.59 Å². The molecule has 0 unspecified atom stereocenters. The van der Waals surface area contributed by atoms with Gasteiger partial charge in [-0.25, -0.2) is 0 Å². The third-order valence-electron chi connectivity index (χ3n) is 5.23. The SMILES string of the molecule is CC(=O)N1CCN(C(=O)c2cc3sc(C)cc3n2Cc2ccccc2Cl)CC1. The molecule has 2 aromatic heterocycles. The number of thiophene rings is 1. The van der Waals surface area contributed by atoms with Crippen LogP contribution in [0.5, 0.6) is 0 Å². The zero-order valence-electron chi connectivity index (χ0n) is 15.9. The van der Waals surface area contributed by atoms with Gasteiger partial charge in [-0.3, -0.25) is 9.59 Å². The summed E-state index contributed by atoms with van der Waals surface area (Å²) in [5, 5.41) is 0.699. The Hall–Kier alpha value is -2.31. The Labute approximate surface area is 173 Å². The lowest BCUT2D eigenvalue weighted by atomic mass is 10.2. The normalized spacial score (nSPS) is 14.7. The van der Waals surface area contributed by atoms with Crippen molar-refractivity contribution < 1.29 is 9.59 Å². The van der Waals surface area contributed by atoms with Gasteiger partial charge in [0.2, 0.25) is 5.91 Å². The molecular weight excluding hydrogens is 394 g/mol. The molecule has 7 heteroatoms. The highest BCUT2D eigenvalue weighted by molar-refractivity contribution is 7.19. The summed E-state index contributed by atoms with van der Waals surface area (Å²) in [4.78, 5) is 29.7. The first-order chi connectivity index (χ1) is 13.4. The minimum Gasteiger partial charge on any atom is -0.339 e. The van der Waals surface area contributed by atoms with Crippen molar-refractivity contribution in [2.45, 2.75) is 20.4 Å². The van der Waals surface area contributed by atoms with Crippen LogP contribution in [0, 0.1) is 6.92 Å². The van der Waals surface area contributed by atoms with Gasteiger partial charge in [0, 0.05) is 49.5 Å². The molecule has 2 amide bonds. The largest absolute Gasteiger partial charge is 0.339 e. The van der Waals surface area contributed by atoms with Gasteiger partial charge in [-0.2, -0.15) is 0 Å². The number of piperazine rings is 1. The van der Waals surface area contributed by atoms with Crippen LogP contribution >= 0.6 is 22.9 Å². The maximum atomic E-state index is 13.3. The smallest absolute Gasteiger partial charge is 0.270 e. The molecule has 0 bridgehead atoms. The lowest BCUT2D eigenvalue weighted by molar-refractivity contribution is -0.130. The highest BCUT2D eigenvalue weighted by Gasteiger charge is 2.26. The molecule has 1 aromatic carbocycles. The van der Waals surface area contributed by atoms with Crippen LogP contribution in [-0.2, 0) is 11.3 Å². The second-order valence-corrected chi connectivity index (χ2v) is 8.81. The molecule has 3 aromatic rings. The van der Waals surface area contributed by atoms with E-state index < -0.39 is 0 Å². The average Bonchev–Trinajstić information content (AvgIpc) is 3.20. The summed E-state index contributed by atoms with van der Waals surface area (Å²) in [5.41, 5.74) is 2.73. The van der Waals surface area contributed by atoms with Crippen LogP contribution in [0.25, 0.3) is 10.2 Å². The number of carbonyl (C=O) groups is 2. The summed E-state index contributed by atoms with van der Waals surface area (Å²) < 4.78 is 3.18. The molecule has 28 heavy (non-hydrogen) atoms. The molecule has 0 aliphatic carbocycles. The summed E-state index contributed by atoms with van der Waals surface area (Å²) in [7, 11) is 0. The third-order valence-corrected chi connectivity index (χ3v) is 6.59. The van der Waals surface area contributed by atoms with Crippen molar-refractivity contribution in [3.63, 3.8) is 0 Å². The maximum Gasteiger partial charge on any atom is 0.270 e. The van der Waals surface area contributed by atoms with Crippen molar-refractivity contribution in [3.8, 4) is 0 Å². The maximum absolute atomic E-state index is 13.3. The number of hydrogen-bond donors (Lipinski definition) is 0. The van der Waals surface area contributed by atoms with Crippen LogP contribution in [0.2, 0.25) is 5.02 Å². The number of carbonyl (C=O) groups excluding carboxylic acids is 2. The molecular formula is C21H22ClN3O2S. The minimum absolute atomic E-state index is 0.0105. The number of halogens is 1. The van der Waals surface area contributed by atoms with Crippen LogP contribution in [0.1, 0.15) is 27.9 Å². The lowest BCUT2D eigenvalue weighted by Crippen LogP contribution is -2.50. The van der Waals surface area contributed by atoms with E-state index in [0.29, 0.717) is 43.4 Å². The number of benzene rings is 1. The van der Waals surface area contributed by atoms with Crippen LogP contribution in [0.15, 0.2) is 36.4 Å².